The number of halogens is 2. The van der Waals surface area contributed by atoms with E-state index in [9.17, 15) is 14.7 Å². The lowest BCUT2D eigenvalue weighted by molar-refractivity contribution is -0.136. The molecule has 40 heavy (non-hydrogen) atoms. The fourth-order valence-corrected chi connectivity index (χ4v) is 5.20. The van der Waals surface area contributed by atoms with Crippen LogP contribution in [0.4, 0.5) is 4.79 Å². The van der Waals surface area contributed by atoms with Crippen LogP contribution in [0, 0.1) is 0 Å². The predicted octanol–water partition coefficient (Wildman–Crippen LogP) is 4.30. The highest BCUT2D eigenvalue weighted by Gasteiger charge is 2.32. The largest absolute Gasteiger partial charge is 0.490 e. The highest BCUT2D eigenvalue weighted by atomic mass is 79.9. The fourth-order valence-electron chi connectivity index (χ4n) is 3.75. The van der Waals surface area contributed by atoms with Crippen LogP contribution < -0.4 is 30.3 Å². The minimum Gasteiger partial charge on any atom is -0.490 e. The number of rotatable bonds is 13. The molecule has 214 valence electrons. The van der Waals surface area contributed by atoms with Gasteiger partial charge in [-0.15, -0.1) is 0 Å². The number of aliphatic hydroxyl groups is 1. The Balaban J connectivity index is 1.68. The van der Waals surface area contributed by atoms with Crippen molar-refractivity contribution in [3.8, 4) is 17.2 Å². The van der Waals surface area contributed by atoms with E-state index in [1.54, 1.807) is 31.2 Å². The van der Waals surface area contributed by atoms with Gasteiger partial charge in [-0.1, -0.05) is 18.7 Å². The molecule has 0 aromatic heterocycles. The van der Waals surface area contributed by atoms with Crippen LogP contribution >= 0.6 is 31.9 Å². The highest BCUT2D eigenvalue weighted by Crippen LogP contribution is 2.36. The second-order valence-electron chi connectivity index (χ2n) is 8.33. The topological polar surface area (TPSA) is 140 Å². The Morgan fingerprint density at radius 1 is 1.20 bits per heavy atom. The maximum absolute atomic E-state index is 12.4. The Hall–Kier alpha value is -3.55. The first-order valence-corrected chi connectivity index (χ1v) is 13.7. The summed E-state index contributed by atoms with van der Waals surface area (Å²) in [6.45, 7) is 7.64. The first kappa shape index (κ1) is 31.0. The number of aliphatic hydroxyl groups excluding tert-OH is 1. The highest BCUT2D eigenvalue weighted by molar-refractivity contribution is 9.11. The zero-order valence-electron chi connectivity index (χ0n) is 22.1. The third-order valence-electron chi connectivity index (χ3n) is 5.48. The Bertz CT molecular complexity index is 1290. The molecule has 0 aliphatic carbocycles. The van der Waals surface area contributed by atoms with Crippen LogP contribution in [-0.4, -0.2) is 56.5 Å². The maximum Gasteiger partial charge on any atom is 0.337 e. The fraction of sp³-hybridized carbons (Fsp3) is 0.296. The number of hydrogen-bond donors (Lipinski definition) is 4. The standard InChI is InChI=1S/C27H30Br2N4O7/c1-5-9-39-25-18(28)10-16(11-19(25)29)13-30-33-22(34)14-40-20-8-7-17(12-21(20)38-6-2)24-23(26(35)37-4)15(3)31-27(36)32-24/h5,7-8,10-13,22,24,33-34H,1,6,9,14H2,2-4H3,(H2,31,32,36)/b30-13+/t22-,24-/m0/s1. The number of carbonyl (C=O) groups is 2. The summed E-state index contributed by atoms with van der Waals surface area (Å²) in [6.07, 6.45) is 2.06. The number of ether oxygens (including phenoxy) is 4. The van der Waals surface area contributed by atoms with E-state index in [1.807, 2.05) is 19.1 Å². The molecule has 2 amide bonds. The number of hydrogen-bond acceptors (Lipinski definition) is 9. The van der Waals surface area contributed by atoms with Crippen molar-refractivity contribution < 1.29 is 33.6 Å². The molecule has 2 aromatic rings. The molecule has 0 saturated carbocycles. The van der Waals surface area contributed by atoms with E-state index in [-0.39, 0.29) is 12.2 Å². The van der Waals surface area contributed by atoms with Crippen LogP contribution in [0.1, 0.15) is 31.0 Å². The van der Waals surface area contributed by atoms with E-state index in [1.165, 1.54) is 13.3 Å². The van der Waals surface area contributed by atoms with Crippen molar-refractivity contribution in [3.05, 3.63) is 74.3 Å². The molecule has 2 atom stereocenters. The van der Waals surface area contributed by atoms with Crippen molar-refractivity contribution >= 4 is 50.1 Å². The minimum atomic E-state index is -1.13. The molecule has 0 bridgehead atoms. The number of amides is 2. The number of hydrazone groups is 1. The van der Waals surface area contributed by atoms with Crippen molar-refractivity contribution in [2.24, 2.45) is 5.10 Å². The summed E-state index contributed by atoms with van der Waals surface area (Å²) < 4.78 is 23.5. The molecule has 1 heterocycles. The molecule has 0 spiro atoms. The number of methoxy groups -OCH3 is 1. The number of nitrogens with one attached hydrogen (secondary N) is 3. The van der Waals surface area contributed by atoms with Gasteiger partial charge in [-0.05, 0) is 81.1 Å². The van der Waals surface area contributed by atoms with Crippen molar-refractivity contribution in [1.82, 2.24) is 16.1 Å². The van der Waals surface area contributed by atoms with Crippen molar-refractivity contribution in [2.75, 3.05) is 26.9 Å². The number of benzene rings is 2. The molecule has 0 radical (unpaired) electrons. The zero-order valence-corrected chi connectivity index (χ0v) is 25.3. The Kier molecular flexibility index (Phi) is 11.4. The lowest BCUT2D eigenvalue weighted by Gasteiger charge is -2.28. The molecule has 1 aliphatic rings. The molecule has 0 saturated heterocycles. The number of nitrogens with zero attached hydrogens (tertiary/aromatic N) is 1. The van der Waals surface area contributed by atoms with Crippen molar-refractivity contribution in [3.63, 3.8) is 0 Å². The van der Waals surface area contributed by atoms with Gasteiger partial charge in [-0.25, -0.2) is 9.59 Å². The van der Waals surface area contributed by atoms with Gasteiger partial charge in [0.1, 0.15) is 19.0 Å². The van der Waals surface area contributed by atoms with Crippen LogP contribution in [0.15, 0.2) is 68.3 Å². The second kappa shape index (κ2) is 14.7. The summed E-state index contributed by atoms with van der Waals surface area (Å²) in [7, 11) is 1.27. The third kappa shape index (κ3) is 7.99. The molecular weight excluding hydrogens is 652 g/mol. The Labute approximate surface area is 248 Å². The van der Waals surface area contributed by atoms with Gasteiger partial charge < -0.3 is 34.7 Å². The van der Waals surface area contributed by atoms with Gasteiger partial charge in [0.25, 0.3) is 0 Å². The van der Waals surface area contributed by atoms with E-state index < -0.39 is 24.3 Å². The van der Waals surface area contributed by atoms with Crippen LogP contribution in [0.25, 0.3) is 0 Å². The minimum absolute atomic E-state index is 0.144. The monoisotopic (exact) mass is 680 g/mol. The molecule has 0 unspecified atom stereocenters. The molecule has 1 aliphatic heterocycles. The van der Waals surface area contributed by atoms with Gasteiger partial charge in [0.05, 0.1) is 40.5 Å². The summed E-state index contributed by atoms with van der Waals surface area (Å²) in [5.74, 6) is 0.808. The molecule has 11 nitrogen and oxygen atoms in total. The first-order chi connectivity index (χ1) is 19.2. The molecule has 13 heteroatoms. The average molecular weight is 682 g/mol. The van der Waals surface area contributed by atoms with E-state index in [0.29, 0.717) is 41.7 Å². The quantitative estimate of drug-likeness (QED) is 0.0807. The molecule has 2 aromatic carbocycles. The molecule has 0 fully saturated rings. The van der Waals surface area contributed by atoms with Crippen LogP contribution in [0.5, 0.6) is 17.2 Å². The summed E-state index contributed by atoms with van der Waals surface area (Å²) >= 11 is 6.94. The van der Waals surface area contributed by atoms with E-state index >= 15 is 0 Å². The molecule has 4 N–H and O–H groups in total. The van der Waals surface area contributed by atoms with Crippen molar-refractivity contribution in [1.29, 1.82) is 0 Å². The number of carbonyl (C=O) groups excluding carboxylic acids is 2. The number of allylic oxidation sites excluding steroid dienone is 1. The zero-order chi connectivity index (χ0) is 29.2. The molecular formula is C27H30Br2N4O7. The second-order valence-corrected chi connectivity index (χ2v) is 10.0. The SMILES string of the molecule is C=CCOc1c(Br)cc(/C=N/N[C@@H](O)COc2ccc([C@@H]3NC(=O)NC(C)=C3C(=O)OC)cc2OCC)cc1Br. The smallest absolute Gasteiger partial charge is 0.337 e. The van der Waals surface area contributed by atoms with Gasteiger partial charge in [-0.3, -0.25) is 5.43 Å². The van der Waals surface area contributed by atoms with Gasteiger partial charge in [0, 0.05) is 5.70 Å². The van der Waals surface area contributed by atoms with Gasteiger partial charge in [-0.2, -0.15) is 5.10 Å². The lowest BCUT2D eigenvalue weighted by atomic mass is 9.95. The summed E-state index contributed by atoms with van der Waals surface area (Å²) in [5.41, 5.74) is 4.62. The number of esters is 1. The summed E-state index contributed by atoms with van der Waals surface area (Å²) in [5, 5.41) is 19.7. The lowest BCUT2D eigenvalue weighted by Crippen LogP contribution is -2.45. The van der Waals surface area contributed by atoms with Crippen LogP contribution in [0.2, 0.25) is 0 Å². The average Bonchev–Trinajstić information content (AvgIpc) is 2.91. The Morgan fingerprint density at radius 2 is 1.93 bits per heavy atom. The van der Waals surface area contributed by atoms with Gasteiger partial charge in [0.2, 0.25) is 0 Å². The normalized spacial score (nSPS) is 15.7. The van der Waals surface area contributed by atoms with Crippen LogP contribution in [0.3, 0.4) is 0 Å². The maximum atomic E-state index is 12.4. The van der Waals surface area contributed by atoms with E-state index in [4.69, 9.17) is 18.9 Å². The van der Waals surface area contributed by atoms with E-state index in [0.717, 1.165) is 14.5 Å². The van der Waals surface area contributed by atoms with Crippen LogP contribution in [-0.2, 0) is 9.53 Å². The third-order valence-corrected chi connectivity index (χ3v) is 6.65. The van der Waals surface area contributed by atoms with Crippen molar-refractivity contribution in [2.45, 2.75) is 26.1 Å². The summed E-state index contributed by atoms with van der Waals surface area (Å²) in [6, 6.07) is 7.45. The van der Waals surface area contributed by atoms with E-state index in [2.05, 4.69) is 59.6 Å². The summed E-state index contributed by atoms with van der Waals surface area (Å²) in [4.78, 5) is 24.5. The van der Waals surface area contributed by atoms with Gasteiger partial charge in [0.15, 0.2) is 17.7 Å². The number of urea groups is 1. The predicted molar refractivity (Wildman–Crippen MR) is 157 cm³/mol. The van der Waals surface area contributed by atoms with Gasteiger partial charge >= 0.3 is 12.0 Å². The first-order valence-electron chi connectivity index (χ1n) is 12.1. The molecule has 3 rings (SSSR count). The Morgan fingerprint density at radius 3 is 2.58 bits per heavy atom.